The second-order valence-electron chi connectivity index (χ2n) is 4.33. The summed E-state index contributed by atoms with van der Waals surface area (Å²) in [5.41, 5.74) is 0.734. The molecule has 0 aliphatic carbocycles. The van der Waals surface area contributed by atoms with Gasteiger partial charge in [0.2, 0.25) is 0 Å². The smallest absolute Gasteiger partial charge is 0.135 e. The Morgan fingerprint density at radius 1 is 1.32 bits per heavy atom. The van der Waals surface area contributed by atoms with Crippen LogP contribution in [-0.4, -0.2) is 51.0 Å². The second-order valence-corrected chi connectivity index (χ2v) is 4.33. The number of nitrogens with zero attached hydrogens (tertiary/aromatic N) is 1. The number of methoxy groups -OCH3 is 1. The largest absolute Gasteiger partial charge is 0.497 e. The normalized spacial score (nSPS) is 9.95. The van der Waals surface area contributed by atoms with Crippen LogP contribution >= 0.6 is 0 Å². The maximum absolute atomic E-state index is 8.77. The predicted molar refractivity (Wildman–Crippen MR) is 75.6 cm³/mol. The maximum atomic E-state index is 8.77. The fraction of sp³-hybridized carbons (Fsp3) is 0.467. The Morgan fingerprint density at radius 3 is 2.74 bits per heavy atom. The standard InChI is InChI=1S/C15H21NO3/c1-16(2)9-5-11-19-15-8-7-14(18-3)12-13(15)6-4-10-17/h7-8,12,17H,5,9-11H2,1-3H3. The van der Waals surface area contributed by atoms with Crippen LogP contribution in [-0.2, 0) is 0 Å². The van der Waals surface area contributed by atoms with E-state index in [1.807, 2.05) is 32.3 Å². The van der Waals surface area contributed by atoms with Crippen LogP contribution < -0.4 is 9.47 Å². The summed E-state index contributed by atoms with van der Waals surface area (Å²) in [5.74, 6) is 6.95. The molecule has 0 saturated carbocycles. The Hall–Kier alpha value is -1.70. The first kappa shape index (κ1) is 15.4. The Balaban J connectivity index is 2.70. The molecule has 104 valence electrons. The van der Waals surface area contributed by atoms with Gasteiger partial charge in [0, 0.05) is 6.54 Å². The van der Waals surface area contributed by atoms with Gasteiger partial charge in [-0.25, -0.2) is 0 Å². The fourth-order valence-corrected chi connectivity index (χ4v) is 1.56. The summed E-state index contributed by atoms with van der Waals surface area (Å²) >= 11 is 0. The van der Waals surface area contributed by atoms with Crippen LogP contribution in [0.5, 0.6) is 11.5 Å². The number of hydrogen-bond acceptors (Lipinski definition) is 4. The lowest BCUT2D eigenvalue weighted by Crippen LogP contribution is -2.15. The van der Waals surface area contributed by atoms with Crippen molar-refractivity contribution in [1.82, 2.24) is 4.90 Å². The van der Waals surface area contributed by atoms with E-state index in [9.17, 15) is 0 Å². The molecule has 4 heteroatoms. The van der Waals surface area contributed by atoms with Crippen molar-refractivity contribution in [3.63, 3.8) is 0 Å². The molecule has 0 saturated heterocycles. The zero-order valence-electron chi connectivity index (χ0n) is 11.8. The Bertz CT molecular complexity index is 446. The van der Waals surface area contributed by atoms with Crippen LogP contribution in [0.4, 0.5) is 0 Å². The van der Waals surface area contributed by atoms with E-state index in [0.29, 0.717) is 6.61 Å². The Labute approximate surface area is 114 Å². The van der Waals surface area contributed by atoms with Crippen molar-refractivity contribution < 1.29 is 14.6 Å². The molecule has 1 N–H and O–H groups in total. The average Bonchev–Trinajstić information content (AvgIpc) is 2.41. The molecule has 0 aliphatic heterocycles. The summed E-state index contributed by atoms with van der Waals surface area (Å²) in [4.78, 5) is 2.11. The van der Waals surface area contributed by atoms with E-state index in [0.717, 1.165) is 30.0 Å². The quantitative estimate of drug-likeness (QED) is 0.622. The first-order chi connectivity index (χ1) is 9.17. The van der Waals surface area contributed by atoms with Crippen molar-refractivity contribution in [2.24, 2.45) is 0 Å². The summed E-state index contributed by atoms with van der Waals surface area (Å²) < 4.78 is 10.9. The first-order valence-corrected chi connectivity index (χ1v) is 6.22. The lowest BCUT2D eigenvalue weighted by molar-refractivity contribution is 0.280. The molecular formula is C15H21NO3. The summed E-state index contributed by atoms with van der Waals surface area (Å²) in [7, 11) is 5.67. The van der Waals surface area contributed by atoms with Crippen molar-refractivity contribution in [2.75, 3.05) is 41.0 Å². The molecule has 0 fully saturated rings. The molecule has 1 rings (SSSR count). The van der Waals surface area contributed by atoms with E-state index in [4.69, 9.17) is 14.6 Å². The minimum absolute atomic E-state index is 0.169. The molecule has 4 nitrogen and oxygen atoms in total. The van der Waals surface area contributed by atoms with Crippen LogP contribution in [0.25, 0.3) is 0 Å². The van der Waals surface area contributed by atoms with Gasteiger partial charge in [0.1, 0.15) is 18.1 Å². The number of rotatable bonds is 6. The number of hydrogen-bond donors (Lipinski definition) is 1. The van der Waals surface area contributed by atoms with Gasteiger partial charge in [-0.3, -0.25) is 0 Å². The van der Waals surface area contributed by atoms with E-state index in [1.54, 1.807) is 7.11 Å². The summed E-state index contributed by atoms with van der Waals surface area (Å²) in [6.07, 6.45) is 0.950. The third-order valence-electron chi connectivity index (χ3n) is 2.50. The predicted octanol–water partition coefficient (Wildman–Crippen LogP) is 1.37. The number of aliphatic hydroxyl groups excluding tert-OH is 1. The van der Waals surface area contributed by atoms with Gasteiger partial charge in [-0.15, -0.1) is 0 Å². The van der Waals surface area contributed by atoms with Crippen LogP contribution in [0.15, 0.2) is 18.2 Å². The molecular weight excluding hydrogens is 242 g/mol. The lowest BCUT2D eigenvalue weighted by atomic mass is 10.2. The van der Waals surface area contributed by atoms with Gasteiger partial charge >= 0.3 is 0 Å². The highest BCUT2D eigenvalue weighted by Crippen LogP contribution is 2.23. The van der Waals surface area contributed by atoms with Crippen molar-refractivity contribution in [3.8, 4) is 23.3 Å². The van der Waals surface area contributed by atoms with Crippen LogP contribution in [0.2, 0.25) is 0 Å². The van der Waals surface area contributed by atoms with E-state index in [1.165, 1.54) is 0 Å². The zero-order chi connectivity index (χ0) is 14.1. The van der Waals surface area contributed by atoms with Crippen LogP contribution in [0.1, 0.15) is 12.0 Å². The molecule has 0 atom stereocenters. The topological polar surface area (TPSA) is 41.9 Å². The summed E-state index contributed by atoms with van der Waals surface area (Å²) in [5, 5.41) is 8.77. The van der Waals surface area contributed by atoms with Crippen molar-refractivity contribution in [1.29, 1.82) is 0 Å². The van der Waals surface area contributed by atoms with Gasteiger partial charge in [-0.1, -0.05) is 11.8 Å². The highest BCUT2D eigenvalue weighted by molar-refractivity contribution is 5.50. The molecule has 0 spiro atoms. The number of ether oxygens (including phenoxy) is 2. The highest BCUT2D eigenvalue weighted by Gasteiger charge is 2.04. The maximum Gasteiger partial charge on any atom is 0.135 e. The van der Waals surface area contributed by atoms with Gasteiger partial charge in [0.15, 0.2) is 0 Å². The second kappa shape index (κ2) is 8.41. The Morgan fingerprint density at radius 2 is 2.11 bits per heavy atom. The Kier molecular flexibility index (Phi) is 6.80. The molecule has 0 amide bonds. The highest BCUT2D eigenvalue weighted by atomic mass is 16.5. The summed E-state index contributed by atoms with van der Waals surface area (Å²) in [6.45, 7) is 1.45. The van der Waals surface area contributed by atoms with Gasteiger partial charge in [0.25, 0.3) is 0 Å². The van der Waals surface area contributed by atoms with Gasteiger partial charge in [-0.05, 0) is 38.7 Å². The van der Waals surface area contributed by atoms with Gasteiger partial charge in [0.05, 0.1) is 19.3 Å². The molecule has 0 heterocycles. The third-order valence-corrected chi connectivity index (χ3v) is 2.50. The van der Waals surface area contributed by atoms with Crippen LogP contribution in [0.3, 0.4) is 0 Å². The molecule has 0 aliphatic rings. The van der Waals surface area contributed by atoms with Crippen molar-refractivity contribution >= 4 is 0 Å². The van der Waals surface area contributed by atoms with Crippen molar-refractivity contribution in [2.45, 2.75) is 6.42 Å². The molecule has 0 bridgehead atoms. The van der Waals surface area contributed by atoms with E-state index in [2.05, 4.69) is 16.7 Å². The molecule has 0 radical (unpaired) electrons. The zero-order valence-corrected chi connectivity index (χ0v) is 11.8. The van der Waals surface area contributed by atoms with Gasteiger partial charge < -0.3 is 19.5 Å². The van der Waals surface area contributed by atoms with Gasteiger partial charge in [-0.2, -0.15) is 0 Å². The fourth-order valence-electron chi connectivity index (χ4n) is 1.56. The van der Waals surface area contributed by atoms with E-state index >= 15 is 0 Å². The van der Waals surface area contributed by atoms with E-state index < -0.39 is 0 Å². The van der Waals surface area contributed by atoms with Crippen LogP contribution in [0, 0.1) is 11.8 Å². The average molecular weight is 263 g/mol. The van der Waals surface area contributed by atoms with Crippen molar-refractivity contribution in [3.05, 3.63) is 23.8 Å². The molecule has 1 aromatic rings. The number of aliphatic hydroxyl groups is 1. The number of benzene rings is 1. The molecule has 19 heavy (non-hydrogen) atoms. The lowest BCUT2D eigenvalue weighted by Gasteiger charge is -2.12. The molecule has 1 aromatic carbocycles. The summed E-state index contributed by atoms with van der Waals surface area (Å²) in [6, 6.07) is 5.49. The molecule has 0 unspecified atom stereocenters. The first-order valence-electron chi connectivity index (χ1n) is 6.22. The minimum atomic E-state index is -0.169. The molecule has 0 aromatic heterocycles. The van der Waals surface area contributed by atoms with E-state index in [-0.39, 0.29) is 6.61 Å². The monoisotopic (exact) mass is 263 g/mol. The third kappa shape index (κ3) is 5.64. The minimum Gasteiger partial charge on any atom is -0.497 e. The SMILES string of the molecule is COc1ccc(OCCCN(C)C)c(C#CCO)c1.